The highest BCUT2D eigenvalue weighted by Crippen LogP contribution is 2.38. The minimum absolute atomic E-state index is 0.293. The third kappa shape index (κ3) is 2.58. The van der Waals surface area contributed by atoms with Gasteiger partial charge in [-0.15, -0.1) is 10.2 Å². The van der Waals surface area contributed by atoms with Gasteiger partial charge in [-0.1, -0.05) is 6.07 Å². The molecule has 0 aromatic carbocycles. The van der Waals surface area contributed by atoms with Gasteiger partial charge in [-0.2, -0.15) is 10.1 Å². The minimum atomic E-state index is 0.293. The lowest BCUT2D eigenvalue weighted by atomic mass is 10.3. The lowest BCUT2D eigenvalue weighted by Crippen LogP contribution is -2.21. The van der Waals surface area contributed by atoms with Crippen LogP contribution in [0.4, 0.5) is 29.1 Å². The van der Waals surface area contributed by atoms with Gasteiger partial charge in [0.1, 0.15) is 0 Å². The van der Waals surface area contributed by atoms with Crippen molar-refractivity contribution in [3.05, 3.63) is 48.4 Å². The summed E-state index contributed by atoms with van der Waals surface area (Å²) in [6.45, 7) is 0. The fourth-order valence-corrected chi connectivity index (χ4v) is 2.28. The molecule has 9 heteroatoms. The van der Waals surface area contributed by atoms with E-state index in [9.17, 15) is 0 Å². The van der Waals surface area contributed by atoms with Crippen LogP contribution in [0.5, 0.6) is 0 Å². The van der Waals surface area contributed by atoms with Crippen LogP contribution in [-0.4, -0.2) is 38.4 Å². The number of anilines is 5. The highest BCUT2D eigenvalue weighted by Gasteiger charge is 2.23. The number of aromatic nitrogens is 5. The first-order chi connectivity index (χ1) is 11.8. The van der Waals surface area contributed by atoms with Gasteiger partial charge >= 0.3 is 0 Å². The van der Waals surface area contributed by atoms with Crippen molar-refractivity contribution in [3.8, 4) is 0 Å². The van der Waals surface area contributed by atoms with Gasteiger partial charge in [0.2, 0.25) is 0 Å². The molecule has 0 bridgehead atoms. The van der Waals surface area contributed by atoms with E-state index in [1.165, 1.54) is 0 Å². The summed E-state index contributed by atoms with van der Waals surface area (Å²) < 4.78 is 0. The van der Waals surface area contributed by atoms with Crippen LogP contribution in [0.15, 0.2) is 47.8 Å². The average molecular weight is 319 g/mol. The summed E-state index contributed by atoms with van der Waals surface area (Å²) in [5.74, 6) is 2.20. The molecule has 0 amide bonds. The van der Waals surface area contributed by atoms with E-state index in [0.717, 1.165) is 17.2 Å². The van der Waals surface area contributed by atoms with E-state index >= 15 is 0 Å². The van der Waals surface area contributed by atoms with Crippen LogP contribution in [0.3, 0.4) is 0 Å². The van der Waals surface area contributed by atoms with E-state index in [0.29, 0.717) is 17.6 Å². The Hall–Kier alpha value is -3.62. The molecule has 3 aromatic rings. The summed E-state index contributed by atoms with van der Waals surface area (Å²) in [6.07, 6.45) is 5.00. The smallest absolute Gasteiger partial charge is 0.265 e. The number of nitrogens with zero attached hydrogens (tertiary/aromatic N) is 7. The van der Waals surface area contributed by atoms with Crippen LogP contribution in [0, 0.1) is 0 Å². The molecule has 0 atom stereocenters. The van der Waals surface area contributed by atoms with Crippen molar-refractivity contribution in [2.45, 2.75) is 0 Å². The Labute approximate surface area is 137 Å². The zero-order chi connectivity index (χ0) is 16.4. The first kappa shape index (κ1) is 14.0. The fraction of sp³-hybridized carbons (Fsp3) is 0.0667. The molecule has 0 fully saturated rings. The molecule has 2 N–H and O–H groups in total. The number of rotatable bonds is 3. The summed E-state index contributed by atoms with van der Waals surface area (Å²) in [7, 11) is 1.90. The Bertz CT molecular complexity index is 894. The number of fused-ring (bicyclic) bond motifs is 2. The molecule has 1 aliphatic heterocycles. The minimum Gasteiger partial charge on any atom is -0.323 e. The maximum atomic E-state index is 4.44. The Balaban J connectivity index is 1.56. The molecule has 0 aliphatic carbocycles. The van der Waals surface area contributed by atoms with Crippen molar-refractivity contribution >= 4 is 35.3 Å². The summed E-state index contributed by atoms with van der Waals surface area (Å²) >= 11 is 0. The van der Waals surface area contributed by atoms with Crippen LogP contribution in [0.25, 0.3) is 0 Å². The summed E-state index contributed by atoms with van der Waals surface area (Å²) in [6, 6.07) is 9.40. The van der Waals surface area contributed by atoms with Crippen molar-refractivity contribution in [2.75, 3.05) is 22.7 Å². The molecule has 118 valence electrons. The van der Waals surface area contributed by atoms with E-state index in [4.69, 9.17) is 0 Å². The Morgan fingerprint density at radius 3 is 2.88 bits per heavy atom. The van der Waals surface area contributed by atoms with E-state index in [1.54, 1.807) is 18.6 Å². The number of hydrazone groups is 1. The quantitative estimate of drug-likeness (QED) is 0.557. The number of hydrogen-bond donors (Lipinski definition) is 2. The molecule has 0 saturated heterocycles. The van der Waals surface area contributed by atoms with Gasteiger partial charge in [-0.05, 0) is 24.3 Å². The second-order valence-corrected chi connectivity index (χ2v) is 4.99. The third-order valence-corrected chi connectivity index (χ3v) is 3.42. The molecule has 3 aromatic heterocycles. The lowest BCUT2D eigenvalue weighted by molar-refractivity contribution is 0.937. The molecule has 0 saturated carbocycles. The van der Waals surface area contributed by atoms with Gasteiger partial charge in [0.15, 0.2) is 17.5 Å². The van der Waals surface area contributed by atoms with Crippen LogP contribution in [0.1, 0.15) is 5.69 Å². The second-order valence-electron chi connectivity index (χ2n) is 4.99. The van der Waals surface area contributed by atoms with E-state index in [1.807, 2.05) is 42.3 Å². The number of nitrogens with one attached hydrogen (secondary N) is 2. The van der Waals surface area contributed by atoms with Crippen molar-refractivity contribution in [1.29, 1.82) is 0 Å². The molecule has 0 unspecified atom stereocenters. The normalized spacial score (nSPS) is 12.5. The van der Waals surface area contributed by atoms with Crippen LogP contribution in [0.2, 0.25) is 0 Å². The molecule has 4 rings (SSSR count). The topological polar surface area (TPSA) is 104 Å². The maximum Gasteiger partial charge on any atom is 0.265 e. The zero-order valence-electron chi connectivity index (χ0n) is 12.7. The highest BCUT2D eigenvalue weighted by molar-refractivity contribution is 5.85. The van der Waals surface area contributed by atoms with E-state index < -0.39 is 0 Å². The predicted molar refractivity (Wildman–Crippen MR) is 90.9 cm³/mol. The van der Waals surface area contributed by atoms with Gasteiger partial charge in [-0.25, -0.2) is 10.4 Å². The Kier molecular flexibility index (Phi) is 3.43. The lowest BCUT2D eigenvalue weighted by Gasteiger charge is -2.27. The van der Waals surface area contributed by atoms with Crippen LogP contribution >= 0.6 is 0 Å². The van der Waals surface area contributed by atoms with Crippen molar-refractivity contribution in [2.24, 2.45) is 5.10 Å². The summed E-state index contributed by atoms with van der Waals surface area (Å²) in [5, 5.41) is 15.3. The molecular weight excluding hydrogens is 306 g/mol. The largest absolute Gasteiger partial charge is 0.323 e. The molecule has 4 heterocycles. The maximum absolute atomic E-state index is 4.44. The van der Waals surface area contributed by atoms with Gasteiger partial charge < -0.3 is 10.2 Å². The monoisotopic (exact) mass is 319 g/mol. The second kappa shape index (κ2) is 5.88. The first-order valence-electron chi connectivity index (χ1n) is 7.22. The van der Waals surface area contributed by atoms with Gasteiger partial charge in [-0.3, -0.25) is 4.98 Å². The van der Waals surface area contributed by atoms with Gasteiger partial charge in [0.05, 0.1) is 17.6 Å². The van der Waals surface area contributed by atoms with Crippen molar-refractivity contribution < 1.29 is 0 Å². The molecule has 0 radical (unpaired) electrons. The first-order valence-corrected chi connectivity index (χ1v) is 7.22. The highest BCUT2D eigenvalue weighted by atomic mass is 15.4. The predicted octanol–water partition coefficient (Wildman–Crippen LogP) is 1.93. The molecule has 1 aliphatic rings. The molecule has 24 heavy (non-hydrogen) atoms. The Morgan fingerprint density at radius 1 is 1.08 bits per heavy atom. The van der Waals surface area contributed by atoms with Gasteiger partial charge in [0.25, 0.3) is 5.95 Å². The Morgan fingerprint density at radius 2 is 2.00 bits per heavy atom. The fourth-order valence-electron chi connectivity index (χ4n) is 2.28. The van der Waals surface area contributed by atoms with E-state index in [-0.39, 0.29) is 0 Å². The summed E-state index contributed by atoms with van der Waals surface area (Å²) in [4.78, 5) is 14.8. The van der Waals surface area contributed by atoms with Crippen LogP contribution < -0.4 is 15.6 Å². The standard InChI is InChI=1S/C15H13N9/c1-24-11-6-4-8-17-12(11)19-13-14(24)20-15(23-21-13)22-18-9-10-5-2-3-7-16-10/h2-9H,1H3,(H,17,19,21)(H,20,22,23). The number of pyridine rings is 2. The van der Waals surface area contributed by atoms with Gasteiger partial charge in [0, 0.05) is 19.4 Å². The third-order valence-electron chi connectivity index (χ3n) is 3.42. The van der Waals surface area contributed by atoms with Crippen molar-refractivity contribution in [3.63, 3.8) is 0 Å². The van der Waals surface area contributed by atoms with Crippen LogP contribution in [-0.2, 0) is 0 Å². The zero-order valence-corrected chi connectivity index (χ0v) is 12.7. The SMILES string of the molecule is CN1c2cccnc2Nc2nnc(NN=Cc3ccccn3)nc21. The molecule has 9 nitrogen and oxygen atoms in total. The number of hydrogen-bond acceptors (Lipinski definition) is 9. The molecular formula is C15H13N9. The van der Waals surface area contributed by atoms with E-state index in [2.05, 4.69) is 41.0 Å². The molecule has 0 spiro atoms. The average Bonchev–Trinajstić information content (AvgIpc) is 2.63. The van der Waals surface area contributed by atoms with Crippen molar-refractivity contribution in [1.82, 2.24) is 25.1 Å². The summed E-state index contributed by atoms with van der Waals surface area (Å²) in [5.41, 5.74) is 4.40.